The molecule has 2 aromatic carbocycles. The molecule has 1 amide bonds. The van der Waals surface area contributed by atoms with Gasteiger partial charge in [-0.25, -0.2) is 4.98 Å². The Balaban J connectivity index is 1.31. The van der Waals surface area contributed by atoms with Crippen molar-refractivity contribution in [3.63, 3.8) is 0 Å². The highest BCUT2D eigenvalue weighted by Gasteiger charge is 2.29. The minimum absolute atomic E-state index is 0.0425. The van der Waals surface area contributed by atoms with Crippen molar-refractivity contribution in [3.05, 3.63) is 81.2 Å². The second kappa shape index (κ2) is 10.9. The predicted molar refractivity (Wildman–Crippen MR) is 144 cm³/mol. The first kappa shape index (κ1) is 25.9. The van der Waals surface area contributed by atoms with E-state index in [1.54, 1.807) is 18.2 Å². The highest BCUT2D eigenvalue weighted by atomic mass is 35.5. The highest BCUT2D eigenvalue weighted by Crippen LogP contribution is 2.27. The summed E-state index contributed by atoms with van der Waals surface area (Å²) in [7, 11) is 0. The van der Waals surface area contributed by atoms with Crippen LogP contribution in [0.1, 0.15) is 29.9 Å². The second-order valence-electron chi connectivity index (χ2n) is 9.66. The Bertz CT molecular complexity index is 1490. The second-order valence-corrected chi connectivity index (χ2v) is 10.1. The molecule has 0 bridgehead atoms. The lowest BCUT2D eigenvalue weighted by Crippen LogP contribution is -2.55. The largest absolute Gasteiger partial charge is 0.486 e. The molecule has 1 fully saturated rings. The van der Waals surface area contributed by atoms with Crippen LogP contribution in [-0.2, 0) is 11.3 Å². The SMILES string of the molecule is CC(C)(CNC(=O)c1c(Cl)cccc1OCc1cc(=O)n2[nH]c(-c3ccccc3)nc2n1)N1CCOCC1. The van der Waals surface area contributed by atoms with Gasteiger partial charge in [-0.1, -0.05) is 48.0 Å². The summed E-state index contributed by atoms with van der Waals surface area (Å²) in [5.41, 5.74) is 0.863. The number of H-pyrrole nitrogens is 1. The zero-order chi connectivity index (χ0) is 26.7. The topological polar surface area (TPSA) is 114 Å². The molecule has 1 saturated heterocycles. The van der Waals surface area contributed by atoms with E-state index in [0.717, 1.165) is 18.7 Å². The van der Waals surface area contributed by atoms with E-state index in [9.17, 15) is 9.59 Å². The normalized spacial score (nSPS) is 14.5. The highest BCUT2D eigenvalue weighted by molar-refractivity contribution is 6.34. The molecule has 0 radical (unpaired) electrons. The third-order valence-corrected chi connectivity index (χ3v) is 6.87. The lowest BCUT2D eigenvalue weighted by molar-refractivity contribution is -0.00924. The number of ether oxygens (including phenoxy) is 2. The van der Waals surface area contributed by atoms with Crippen molar-refractivity contribution in [1.29, 1.82) is 0 Å². The number of aromatic amines is 1. The molecule has 11 heteroatoms. The quantitative estimate of drug-likeness (QED) is 0.355. The summed E-state index contributed by atoms with van der Waals surface area (Å²) < 4.78 is 12.7. The Labute approximate surface area is 224 Å². The first-order chi connectivity index (χ1) is 18.3. The molecule has 0 aliphatic carbocycles. The van der Waals surface area contributed by atoms with Gasteiger partial charge >= 0.3 is 0 Å². The van der Waals surface area contributed by atoms with Crippen LogP contribution in [0.4, 0.5) is 0 Å². The van der Waals surface area contributed by atoms with Crippen LogP contribution in [0.15, 0.2) is 59.4 Å². The van der Waals surface area contributed by atoms with E-state index >= 15 is 0 Å². The number of hydrogen-bond donors (Lipinski definition) is 2. The Morgan fingerprint density at radius 2 is 1.89 bits per heavy atom. The molecule has 38 heavy (non-hydrogen) atoms. The summed E-state index contributed by atoms with van der Waals surface area (Å²) >= 11 is 6.42. The van der Waals surface area contributed by atoms with Gasteiger partial charge in [-0.05, 0) is 26.0 Å². The van der Waals surface area contributed by atoms with Crippen LogP contribution in [-0.4, -0.2) is 68.8 Å². The van der Waals surface area contributed by atoms with Gasteiger partial charge < -0.3 is 14.8 Å². The van der Waals surface area contributed by atoms with Crippen LogP contribution < -0.4 is 15.6 Å². The summed E-state index contributed by atoms with van der Waals surface area (Å²) in [6.45, 7) is 7.52. The number of carbonyl (C=O) groups excluding carboxylic acids is 1. The molecule has 0 saturated carbocycles. The van der Waals surface area contributed by atoms with Gasteiger partial charge in [0, 0.05) is 36.8 Å². The molecule has 1 aliphatic rings. The van der Waals surface area contributed by atoms with Crippen LogP contribution in [0.25, 0.3) is 17.2 Å². The molecule has 4 aromatic rings. The summed E-state index contributed by atoms with van der Waals surface area (Å²) in [5, 5.41) is 6.24. The van der Waals surface area contributed by atoms with Crippen molar-refractivity contribution in [2.75, 3.05) is 32.8 Å². The van der Waals surface area contributed by atoms with Crippen molar-refractivity contribution in [2.24, 2.45) is 0 Å². The maximum Gasteiger partial charge on any atom is 0.274 e. The minimum Gasteiger partial charge on any atom is -0.486 e. The molecule has 2 aromatic heterocycles. The van der Waals surface area contributed by atoms with Crippen LogP contribution in [0, 0.1) is 0 Å². The molecule has 5 rings (SSSR count). The Morgan fingerprint density at radius 1 is 1.13 bits per heavy atom. The first-order valence-electron chi connectivity index (χ1n) is 12.4. The number of fused-ring (bicyclic) bond motifs is 1. The number of benzene rings is 2. The van der Waals surface area contributed by atoms with Gasteiger partial charge in [-0.15, -0.1) is 0 Å². The third-order valence-electron chi connectivity index (χ3n) is 6.56. The van der Waals surface area contributed by atoms with Crippen molar-refractivity contribution < 1.29 is 14.3 Å². The van der Waals surface area contributed by atoms with E-state index in [2.05, 4.69) is 39.1 Å². The summed E-state index contributed by atoms with van der Waals surface area (Å²) in [5.74, 6) is 0.717. The van der Waals surface area contributed by atoms with Crippen LogP contribution in [0.3, 0.4) is 0 Å². The molecule has 10 nitrogen and oxygen atoms in total. The van der Waals surface area contributed by atoms with Crippen molar-refractivity contribution in [3.8, 4) is 17.1 Å². The van der Waals surface area contributed by atoms with Crippen LogP contribution >= 0.6 is 11.6 Å². The molecule has 3 heterocycles. The van der Waals surface area contributed by atoms with Crippen molar-refractivity contribution in [2.45, 2.75) is 26.0 Å². The molecule has 2 N–H and O–H groups in total. The number of hydrogen-bond acceptors (Lipinski definition) is 7. The molecule has 0 spiro atoms. The number of nitrogens with one attached hydrogen (secondary N) is 2. The summed E-state index contributed by atoms with van der Waals surface area (Å²) in [6.07, 6.45) is 0. The van der Waals surface area contributed by atoms with E-state index in [1.165, 1.54) is 10.6 Å². The maximum atomic E-state index is 13.2. The van der Waals surface area contributed by atoms with E-state index < -0.39 is 0 Å². The van der Waals surface area contributed by atoms with E-state index in [0.29, 0.717) is 37.0 Å². The van der Waals surface area contributed by atoms with Crippen molar-refractivity contribution in [1.82, 2.24) is 29.8 Å². The standard InChI is InChI=1S/C27H29ClN6O4/c1-27(2,33-11-13-37-14-12-33)17-29-25(36)23-20(28)9-6-10-21(23)38-16-19-15-22(35)34-26(30-19)31-24(32-34)18-7-4-3-5-8-18/h3-10,15H,11-14,16-17H2,1-2H3,(H,29,36)(H,30,31,32). The van der Waals surface area contributed by atoms with E-state index in [-0.39, 0.29) is 40.0 Å². The Morgan fingerprint density at radius 3 is 2.66 bits per heavy atom. The lowest BCUT2D eigenvalue weighted by Gasteiger charge is -2.40. The molecule has 0 unspecified atom stereocenters. The Hall–Kier alpha value is -3.73. The van der Waals surface area contributed by atoms with Gasteiger partial charge in [0.2, 0.25) is 0 Å². The van der Waals surface area contributed by atoms with Crippen molar-refractivity contribution >= 4 is 23.3 Å². The monoisotopic (exact) mass is 536 g/mol. The van der Waals surface area contributed by atoms with Crippen LogP contribution in [0.5, 0.6) is 5.75 Å². The fourth-order valence-electron chi connectivity index (χ4n) is 4.39. The zero-order valence-corrected chi connectivity index (χ0v) is 22.0. The number of rotatable bonds is 8. The predicted octanol–water partition coefficient (Wildman–Crippen LogP) is 3.16. The van der Waals surface area contributed by atoms with E-state index in [1.807, 2.05) is 30.3 Å². The molecular formula is C27H29ClN6O4. The lowest BCUT2D eigenvalue weighted by atomic mass is 10.0. The first-order valence-corrected chi connectivity index (χ1v) is 12.8. The number of halogens is 1. The average Bonchev–Trinajstić information content (AvgIpc) is 3.37. The number of nitrogens with zero attached hydrogens (tertiary/aromatic N) is 4. The van der Waals surface area contributed by atoms with Gasteiger partial charge in [0.1, 0.15) is 12.4 Å². The van der Waals surface area contributed by atoms with Gasteiger partial charge in [0.25, 0.3) is 17.2 Å². The molecular weight excluding hydrogens is 508 g/mol. The van der Waals surface area contributed by atoms with Gasteiger partial charge in [0.05, 0.1) is 29.5 Å². The summed E-state index contributed by atoms with van der Waals surface area (Å²) in [6, 6.07) is 15.8. The van der Waals surface area contributed by atoms with E-state index in [4.69, 9.17) is 21.1 Å². The zero-order valence-electron chi connectivity index (χ0n) is 21.2. The minimum atomic E-state index is -0.338. The number of aromatic nitrogens is 4. The molecule has 0 atom stereocenters. The molecule has 1 aliphatic heterocycles. The smallest absolute Gasteiger partial charge is 0.274 e. The van der Waals surface area contributed by atoms with Gasteiger partial charge in [-0.2, -0.15) is 9.50 Å². The van der Waals surface area contributed by atoms with Crippen LogP contribution in [0.2, 0.25) is 5.02 Å². The third kappa shape index (κ3) is 5.57. The maximum absolute atomic E-state index is 13.2. The fourth-order valence-corrected chi connectivity index (χ4v) is 4.64. The fraction of sp³-hybridized carbons (Fsp3) is 0.333. The Kier molecular flexibility index (Phi) is 7.46. The number of amides is 1. The summed E-state index contributed by atoms with van der Waals surface area (Å²) in [4.78, 5) is 37.1. The number of carbonyl (C=O) groups is 1. The average molecular weight is 537 g/mol. The number of morpholine rings is 1. The molecule has 198 valence electrons. The van der Waals surface area contributed by atoms with Gasteiger partial charge in [0.15, 0.2) is 5.82 Å². The van der Waals surface area contributed by atoms with Gasteiger partial charge in [-0.3, -0.25) is 19.6 Å².